The molecule has 0 heterocycles. The second-order valence-electron chi connectivity index (χ2n) is 4.17. The zero-order valence-electron chi connectivity index (χ0n) is 8.82. The summed E-state index contributed by atoms with van der Waals surface area (Å²) in [5.41, 5.74) is 8.21. The Labute approximate surface area is 90.3 Å². The lowest BCUT2D eigenvalue weighted by Crippen LogP contribution is -2.39. The molecular weight excluding hydrogens is 188 g/mol. The summed E-state index contributed by atoms with van der Waals surface area (Å²) in [6, 6.07) is 8.97. The third kappa shape index (κ3) is 2.56. The Kier molecular flexibility index (Phi) is 3.36. The first kappa shape index (κ1) is 10.6. The third-order valence-corrected chi connectivity index (χ3v) is 2.97. The number of hydrogen-bond acceptors (Lipinski definition) is 3. The van der Waals surface area contributed by atoms with Gasteiger partial charge in [-0.15, -0.1) is 0 Å². The van der Waals surface area contributed by atoms with Crippen LogP contribution in [0, 0.1) is 0 Å². The molecule has 15 heavy (non-hydrogen) atoms. The minimum Gasteiger partial charge on any atom is -0.390 e. The van der Waals surface area contributed by atoms with Gasteiger partial charge in [-0.2, -0.15) is 0 Å². The van der Waals surface area contributed by atoms with Gasteiger partial charge in [0.25, 0.3) is 0 Å². The predicted molar refractivity (Wildman–Crippen MR) is 60.7 cm³/mol. The van der Waals surface area contributed by atoms with Gasteiger partial charge in [-0.05, 0) is 24.0 Å². The fourth-order valence-electron chi connectivity index (χ4n) is 2.09. The molecule has 4 N–H and O–H groups in total. The van der Waals surface area contributed by atoms with Crippen molar-refractivity contribution in [3.05, 3.63) is 35.4 Å². The molecule has 2 rings (SSSR count). The lowest BCUT2D eigenvalue weighted by molar-refractivity contribution is 0.175. The Morgan fingerprint density at radius 1 is 1.33 bits per heavy atom. The summed E-state index contributed by atoms with van der Waals surface area (Å²) < 4.78 is 0. The molecule has 1 aromatic carbocycles. The minimum atomic E-state index is -0.422. The molecule has 0 saturated carbocycles. The summed E-state index contributed by atoms with van der Waals surface area (Å²) in [7, 11) is 0. The summed E-state index contributed by atoms with van der Waals surface area (Å²) in [6.07, 6.45) is 1.70. The second kappa shape index (κ2) is 4.75. The van der Waals surface area contributed by atoms with Crippen molar-refractivity contribution >= 4 is 0 Å². The number of aliphatic hydroxyl groups is 1. The van der Waals surface area contributed by atoms with E-state index in [9.17, 15) is 5.11 Å². The number of benzene rings is 1. The van der Waals surface area contributed by atoms with Crippen molar-refractivity contribution in [1.82, 2.24) is 5.32 Å². The van der Waals surface area contributed by atoms with Crippen LogP contribution >= 0.6 is 0 Å². The molecule has 3 nitrogen and oxygen atoms in total. The normalized spacial score (nSPS) is 17.7. The van der Waals surface area contributed by atoms with Gasteiger partial charge < -0.3 is 16.2 Å². The van der Waals surface area contributed by atoms with Crippen molar-refractivity contribution in [3.8, 4) is 0 Å². The van der Waals surface area contributed by atoms with Gasteiger partial charge in [0.2, 0.25) is 0 Å². The highest BCUT2D eigenvalue weighted by Crippen LogP contribution is 2.21. The maximum absolute atomic E-state index is 9.35. The molecule has 0 aliphatic heterocycles. The van der Waals surface area contributed by atoms with Gasteiger partial charge in [0.15, 0.2) is 0 Å². The number of nitrogens with two attached hydrogens (primary N) is 1. The fraction of sp³-hybridized carbons (Fsp3) is 0.500. The van der Waals surface area contributed by atoms with E-state index in [1.54, 1.807) is 0 Å². The van der Waals surface area contributed by atoms with Gasteiger partial charge in [0, 0.05) is 19.1 Å². The van der Waals surface area contributed by atoms with Crippen molar-refractivity contribution in [3.63, 3.8) is 0 Å². The molecule has 3 heteroatoms. The summed E-state index contributed by atoms with van der Waals surface area (Å²) in [5, 5.41) is 12.7. The van der Waals surface area contributed by atoms with Crippen LogP contribution in [0.4, 0.5) is 0 Å². The van der Waals surface area contributed by atoms with Gasteiger partial charge in [-0.25, -0.2) is 0 Å². The zero-order chi connectivity index (χ0) is 10.7. The standard InChI is InChI=1S/C12H18N2O/c13-7-12(15)8-14-11-5-9-3-1-2-4-10(9)6-11/h1-4,11-12,14-15H,5-8,13H2/t12-/m0/s1. The number of aliphatic hydroxyl groups excluding tert-OH is 1. The molecule has 1 aromatic rings. The number of fused-ring (bicyclic) bond motifs is 1. The molecule has 0 spiro atoms. The van der Waals surface area contributed by atoms with E-state index in [1.807, 2.05) is 0 Å². The molecule has 0 radical (unpaired) electrons. The molecule has 0 unspecified atom stereocenters. The first-order chi connectivity index (χ1) is 7.29. The summed E-state index contributed by atoms with van der Waals surface area (Å²) in [6.45, 7) is 0.918. The molecule has 0 amide bonds. The summed E-state index contributed by atoms with van der Waals surface area (Å²) in [4.78, 5) is 0. The molecule has 0 bridgehead atoms. The second-order valence-corrected chi connectivity index (χ2v) is 4.17. The monoisotopic (exact) mass is 206 g/mol. The first-order valence-corrected chi connectivity index (χ1v) is 5.48. The smallest absolute Gasteiger partial charge is 0.0786 e. The topological polar surface area (TPSA) is 58.3 Å². The Bertz CT molecular complexity index is 302. The van der Waals surface area contributed by atoms with Gasteiger partial charge in [0.05, 0.1) is 6.10 Å². The van der Waals surface area contributed by atoms with Crippen LogP contribution in [0.1, 0.15) is 11.1 Å². The van der Waals surface area contributed by atoms with Gasteiger partial charge in [-0.1, -0.05) is 24.3 Å². The summed E-state index contributed by atoms with van der Waals surface area (Å²) in [5.74, 6) is 0. The van der Waals surface area contributed by atoms with Crippen LogP contribution < -0.4 is 11.1 Å². The summed E-state index contributed by atoms with van der Waals surface area (Å²) >= 11 is 0. The van der Waals surface area contributed by atoms with E-state index < -0.39 is 6.10 Å². The SMILES string of the molecule is NC[C@H](O)CNC1Cc2ccccc2C1. The quantitative estimate of drug-likeness (QED) is 0.653. The van der Waals surface area contributed by atoms with Crippen LogP contribution in [0.3, 0.4) is 0 Å². The molecular formula is C12H18N2O. The van der Waals surface area contributed by atoms with Crippen molar-refractivity contribution in [2.45, 2.75) is 25.0 Å². The highest BCUT2D eigenvalue weighted by atomic mass is 16.3. The van der Waals surface area contributed by atoms with Crippen LogP contribution in [0.2, 0.25) is 0 Å². The Balaban J connectivity index is 1.85. The van der Waals surface area contributed by atoms with E-state index in [2.05, 4.69) is 29.6 Å². The van der Waals surface area contributed by atoms with Crippen molar-refractivity contribution < 1.29 is 5.11 Å². The van der Waals surface area contributed by atoms with Crippen LogP contribution in [-0.2, 0) is 12.8 Å². The maximum atomic E-state index is 9.35. The van der Waals surface area contributed by atoms with E-state index in [4.69, 9.17) is 5.73 Å². The Hall–Kier alpha value is -0.900. The lowest BCUT2D eigenvalue weighted by Gasteiger charge is -2.14. The average Bonchev–Trinajstić information content (AvgIpc) is 2.68. The fourth-order valence-corrected chi connectivity index (χ4v) is 2.09. The van der Waals surface area contributed by atoms with E-state index in [0.29, 0.717) is 19.1 Å². The van der Waals surface area contributed by atoms with E-state index in [0.717, 1.165) is 12.8 Å². The van der Waals surface area contributed by atoms with Crippen LogP contribution in [0.15, 0.2) is 24.3 Å². The minimum absolute atomic E-state index is 0.326. The lowest BCUT2D eigenvalue weighted by atomic mass is 10.1. The first-order valence-electron chi connectivity index (χ1n) is 5.48. The number of rotatable bonds is 4. The third-order valence-electron chi connectivity index (χ3n) is 2.97. The van der Waals surface area contributed by atoms with Crippen LogP contribution in [-0.4, -0.2) is 30.3 Å². The van der Waals surface area contributed by atoms with Crippen molar-refractivity contribution in [2.75, 3.05) is 13.1 Å². The van der Waals surface area contributed by atoms with Gasteiger partial charge >= 0.3 is 0 Å². The molecule has 0 aromatic heterocycles. The molecule has 1 aliphatic rings. The molecule has 82 valence electrons. The van der Waals surface area contributed by atoms with Gasteiger partial charge in [0.1, 0.15) is 0 Å². The Morgan fingerprint density at radius 2 is 1.93 bits per heavy atom. The average molecular weight is 206 g/mol. The number of nitrogens with one attached hydrogen (secondary N) is 1. The molecule has 0 fully saturated rings. The highest BCUT2D eigenvalue weighted by molar-refractivity contribution is 5.33. The van der Waals surface area contributed by atoms with E-state index >= 15 is 0 Å². The zero-order valence-corrected chi connectivity index (χ0v) is 8.82. The Morgan fingerprint density at radius 3 is 2.47 bits per heavy atom. The van der Waals surface area contributed by atoms with Crippen molar-refractivity contribution in [2.24, 2.45) is 5.73 Å². The highest BCUT2D eigenvalue weighted by Gasteiger charge is 2.20. The molecule has 0 saturated heterocycles. The molecule has 1 atom stereocenters. The van der Waals surface area contributed by atoms with Crippen LogP contribution in [0.25, 0.3) is 0 Å². The van der Waals surface area contributed by atoms with E-state index in [-0.39, 0.29) is 0 Å². The predicted octanol–water partition coefficient (Wildman–Crippen LogP) is 0.0630. The number of hydrogen-bond donors (Lipinski definition) is 3. The molecule has 1 aliphatic carbocycles. The van der Waals surface area contributed by atoms with Crippen LogP contribution in [0.5, 0.6) is 0 Å². The van der Waals surface area contributed by atoms with Gasteiger partial charge in [-0.3, -0.25) is 0 Å². The van der Waals surface area contributed by atoms with E-state index in [1.165, 1.54) is 11.1 Å². The largest absolute Gasteiger partial charge is 0.390 e. The maximum Gasteiger partial charge on any atom is 0.0786 e. The van der Waals surface area contributed by atoms with Crippen molar-refractivity contribution in [1.29, 1.82) is 0 Å².